The molecule has 1 aliphatic carbocycles. The van der Waals surface area contributed by atoms with Gasteiger partial charge in [-0.05, 0) is 62.3 Å². The number of hydrogen-bond donors (Lipinski definition) is 2. The first-order chi connectivity index (χ1) is 18.0. The van der Waals surface area contributed by atoms with Crippen molar-refractivity contribution in [1.82, 2.24) is 14.8 Å². The number of carboxylic acids is 1. The topological polar surface area (TPSA) is 104 Å². The number of carboxylic acid groups (broad SMARTS) is 1. The second-order valence-electron chi connectivity index (χ2n) is 11.2. The van der Waals surface area contributed by atoms with Crippen LogP contribution >= 0.6 is 0 Å². The van der Waals surface area contributed by atoms with Crippen molar-refractivity contribution in [3.05, 3.63) is 53.4 Å². The average Bonchev–Trinajstić information content (AvgIpc) is 3.49. The van der Waals surface area contributed by atoms with Gasteiger partial charge < -0.3 is 14.4 Å². The van der Waals surface area contributed by atoms with Crippen molar-refractivity contribution in [3.8, 4) is 17.5 Å². The smallest absolute Gasteiger partial charge is 0.309 e. The number of carbonyl (C=O) groups is 1. The van der Waals surface area contributed by atoms with Crippen molar-refractivity contribution in [2.45, 2.75) is 64.2 Å². The van der Waals surface area contributed by atoms with Gasteiger partial charge in [0.15, 0.2) is 17.4 Å². The van der Waals surface area contributed by atoms with Crippen LogP contribution in [0.25, 0.3) is 27.5 Å². The van der Waals surface area contributed by atoms with Crippen molar-refractivity contribution < 1.29 is 23.4 Å². The Hall–Kier alpha value is -3.93. The lowest BCUT2D eigenvalue weighted by molar-refractivity contribution is -0.149. The number of halogens is 2. The van der Waals surface area contributed by atoms with E-state index in [0.29, 0.717) is 47.7 Å². The molecule has 38 heavy (non-hydrogen) atoms. The third kappa shape index (κ3) is 3.90. The molecule has 0 radical (unpaired) electrons. The molecule has 7 nitrogen and oxygen atoms in total. The van der Waals surface area contributed by atoms with E-state index in [-0.39, 0.29) is 23.6 Å². The molecule has 0 spiro atoms. The van der Waals surface area contributed by atoms with Crippen LogP contribution in [0.3, 0.4) is 0 Å². The van der Waals surface area contributed by atoms with Crippen LogP contribution in [0.4, 0.5) is 8.78 Å². The van der Waals surface area contributed by atoms with Gasteiger partial charge in [0.2, 0.25) is 0 Å². The van der Waals surface area contributed by atoms with Crippen molar-refractivity contribution in [2.24, 2.45) is 5.41 Å². The van der Waals surface area contributed by atoms with Crippen molar-refractivity contribution >= 4 is 27.8 Å². The summed E-state index contributed by atoms with van der Waals surface area (Å²) in [6, 6.07) is 8.63. The highest BCUT2D eigenvalue weighted by molar-refractivity contribution is 6.00. The van der Waals surface area contributed by atoms with Gasteiger partial charge >= 0.3 is 5.97 Å². The molecule has 2 heterocycles. The quantitative estimate of drug-likeness (QED) is 0.293. The van der Waals surface area contributed by atoms with Gasteiger partial charge in [0, 0.05) is 40.1 Å². The lowest BCUT2D eigenvalue weighted by Crippen LogP contribution is -2.32. The van der Waals surface area contributed by atoms with E-state index in [9.17, 15) is 19.6 Å². The summed E-state index contributed by atoms with van der Waals surface area (Å²) >= 11 is 0. The molecule has 2 N–H and O–H groups in total. The largest absolute Gasteiger partial charge is 0.494 e. The molecule has 1 saturated carbocycles. The van der Waals surface area contributed by atoms with Gasteiger partial charge in [0.05, 0.1) is 30.3 Å². The Morgan fingerprint density at radius 1 is 1.32 bits per heavy atom. The SMILES string of the molecule is COc1cc(-n2c(C(C)(C)CC#N)c(C3CCC(C)(C(=O)O)CC3)c3c(F)c4[nH]ncc4cc32)ccc1F. The molecule has 2 aromatic carbocycles. The van der Waals surface area contributed by atoms with Crippen LogP contribution in [0.5, 0.6) is 5.75 Å². The fourth-order valence-corrected chi connectivity index (χ4v) is 5.99. The number of nitrogens with one attached hydrogen (secondary N) is 1. The number of aliphatic carboxylic acids is 1. The van der Waals surface area contributed by atoms with Gasteiger partial charge in [-0.15, -0.1) is 0 Å². The molecule has 0 atom stereocenters. The zero-order valence-corrected chi connectivity index (χ0v) is 21.9. The van der Waals surface area contributed by atoms with E-state index in [4.69, 9.17) is 4.74 Å². The Bertz CT molecular complexity index is 1600. The van der Waals surface area contributed by atoms with Crippen LogP contribution in [0, 0.1) is 28.4 Å². The summed E-state index contributed by atoms with van der Waals surface area (Å²) < 4.78 is 37.9. The first-order valence-corrected chi connectivity index (χ1v) is 12.7. The number of rotatable bonds is 6. The van der Waals surface area contributed by atoms with Crippen molar-refractivity contribution in [2.75, 3.05) is 7.11 Å². The minimum absolute atomic E-state index is 0.0506. The molecular weight excluding hydrogens is 490 g/mol. The highest BCUT2D eigenvalue weighted by Gasteiger charge is 2.42. The van der Waals surface area contributed by atoms with Gasteiger partial charge in [-0.2, -0.15) is 10.4 Å². The van der Waals surface area contributed by atoms with Crippen LogP contribution in [-0.2, 0) is 10.2 Å². The van der Waals surface area contributed by atoms with Gasteiger partial charge in [-0.25, -0.2) is 8.78 Å². The van der Waals surface area contributed by atoms with E-state index >= 15 is 4.39 Å². The fourth-order valence-electron chi connectivity index (χ4n) is 5.99. The Morgan fingerprint density at radius 3 is 2.66 bits per heavy atom. The maximum absolute atomic E-state index is 16.4. The summed E-state index contributed by atoms with van der Waals surface area (Å²) in [5, 5.41) is 27.3. The van der Waals surface area contributed by atoms with Gasteiger partial charge in [-0.3, -0.25) is 9.89 Å². The number of aromatic amines is 1. The zero-order chi connectivity index (χ0) is 27.4. The summed E-state index contributed by atoms with van der Waals surface area (Å²) in [4.78, 5) is 11.9. The molecule has 0 aliphatic heterocycles. The lowest BCUT2D eigenvalue weighted by Gasteiger charge is -2.36. The number of benzene rings is 2. The average molecular weight is 521 g/mol. The van der Waals surface area contributed by atoms with Crippen LogP contribution in [0.15, 0.2) is 30.5 Å². The summed E-state index contributed by atoms with van der Waals surface area (Å²) in [5.41, 5.74) is 1.41. The summed E-state index contributed by atoms with van der Waals surface area (Å²) in [6.45, 7) is 5.65. The second kappa shape index (κ2) is 9.12. The van der Waals surface area contributed by atoms with Crippen molar-refractivity contribution in [3.63, 3.8) is 0 Å². The van der Waals surface area contributed by atoms with E-state index in [0.717, 1.165) is 11.3 Å². The van der Waals surface area contributed by atoms with Gasteiger partial charge in [-0.1, -0.05) is 13.8 Å². The first kappa shape index (κ1) is 25.7. The normalized spacial score (nSPS) is 20.1. The number of hydrogen-bond acceptors (Lipinski definition) is 4. The van der Waals surface area contributed by atoms with Gasteiger partial charge in [0.1, 0.15) is 5.52 Å². The molecule has 0 bridgehead atoms. The van der Waals surface area contributed by atoms with Crippen LogP contribution in [-0.4, -0.2) is 33.0 Å². The molecule has 1 fully saturated rings. The third-order valence-electron chi connectivity index (χ3n) is 8.21. The van der Waals surface area contributed by atoms with E-state index in [1.165, 1.54) is 13.2 Å². The predicted molar refractivity (Wildman–Crippen MR) is 140 cm³/mol. The van der Waals surface area contributed by atoms with E-state index in [2.05, 4.69) is 16.3 Å². The molecule has 9 heteroatoms. The highest BCUT2D eigenvalue weighted by Crippen LogP contribution is 2.50. The number of H-pyrrole nitrogens is 1. The molecule has 198 valence electrons. The third-order valence-corrected chi connectivity index (χ3v) is 8.21. The Kier molecular flexibility index (Phi) is 6.17. The minimum atomic E-state index is -0.837. The fraction of sp³-hybridized carbons (Fsp3) is 0.414. The predicted octanol–water partition coefficient (Wildman–Crippen LogP) is 6.73. The molecule has 0 saturated heterocycles. The number of ether oxygens (including phenoxy) is 1. The summed E-state index contributed by atoms with van der Waals surface area (Å²) in [7, 11) is 1.39. The molecule has 2 aromatic heterocycles. The number of nitriles is 1. The highest BCUT2D eigenvalue weighted by atomic mass is 19.1. The molecule has 1 aliphatic rings. The summed E-state index contributed by atoms with van der Waals surface area (Å²) in [6.07, 6.45) is 3.75. The molecule has 0 amide bonds. The Balaban J connectivity index is 1.88. The number of nitrogens with zero attached hydrogens (tertiary/aromatic N) is 3. The van der Waals surface area contributed by atoms with E-state index < -0.39 is 28.4 Å². The first-order valence-electron chi connectivity index (χ1n) is 12.7. The van der Waals surface area contributed by atoms with Crippen LogP contribution in [0.1, 0.15) is 70.1 Å². The Labute approximate surface area is 219 Å². The Morgan fingerprint density at radius 2 is 2.03 bits per heavy atom. The number of aromatic nitrogens is 3. The van der Waals surface area contributed by atoms with Crippen LogP contribution in [0.2, 0.25) is 0 Å². The summed E-state index contributed by atoms with van der Waals surface area (Å²) in [5.74, 6) is -1.87. The standard InChI is InChI=1S/C29H30F2N4O3/c1-28(2,11-12-32)26-22(16-7-9-29(3,10-8-16)27(36)37)23-20(13-17-15-33-34-25(17)24(23)31)35(26)18-5-6-19(30)21(14-18)38-4/h5-6,13-16H,7-11H2,1-4H3,(H,33,34)(H,36,37). The molecule has 5 rings (SSSR count). The monoisotopic (exact) mass is 520 g/mol. The van der Waals surface area contributed by atoms with Crippen molar-refractivity contribution in [1.29, 1.82) is 5.26 Å². The molecule has 0 unspecified atom stereocenters. The lowest BCUT2D eigenvalue weighted by atomic mass is 9.68. The minimum Gasteiger partial charge on any atom is -0.494 e. The van der Waals surface area contributed by atoms with Gasteiger partial charge in [0.25, 0.3) is 0 Å². The second-order valence-corrected chi connectivity index (χ2v) is 11.2. The molecule has 4 aromatic rings. The van der Waals surface area contributed by atoms with E-state index in [1.807, 2.05) is 24.5 Å². The maximum atomic E-state index is 16.4. The maximum Gasteiger partial charge on any atom is 0.309 e. The zero-order valence-electron chi connectivity index (χ0n) is 21.9. The molecular formula is C29H30F2N4O3. The van der Waals surface area contributed by atoms with E-state index in [1.54, 1.807) is 25.3 Å². The number of methoxy groups -OCH3 is 1. The van der Waals surface area contributed by atoms with Crippen LogP contribution < -0.4 is 4.74 Å². The number of fused-ring (bicyclic) bond motifs is 2.